The molecule has 4 nitrogen and oxygen atoms in total. The van der Waals surface area contributed by atoms with E-state index < -0.39 is 6.10 Å². The van der Waals surface area contributed by atoms with Gasteiger partial charge in [0.2, 0.25) is 5.88 Å². The summed E-state index contributed by atoms with van der Waals surface area (Å²) >= 11 is 0. The largest absolute Gasteiger partial charge is 0.481 e. The molecule has 0 spiro atoms. The summed E-state index contributed by atoms with van der Waals surface area (Å²) in [6.07, 6.45) is 4.42. The number of aliphatic hydroxyl groups excluding tert-OH is 1. The Balaban J connectivity index is 2.05. The van der Waals surface area contributed by atoms with Gasteiger partial charge >= 0.3 is 0 Å². The average Bonchev–Trinajstić information content (AvgIpc) is 2.54. The van der Waals surface area contributed by atoms with Crippen LogP contribution < -0.4 is 4.74 Å². The third-order valence-electron chi connectivity index (χ3n) is 3.29. The van der Waals surface area contributed by atoms with Crippen LogP contribution in [0.25, 0.3) is 10.8 Å². The first-order valence-corrected chi connectivity index (χ1v) is 6.30. The molecule has 0 bridgehead atoms. The Hall–Kier alpha value is -2.46. The Morgan fingerprint density at radius 1 is 1.10 bits per heavy atom. The second-order valence-corrected chi connectivity index (χ2v) is 4.48. The van der Waals surface area contributed by atoms with Gasteiger partial charge in [-0.05, 0) is 23.1 Å². The van der Waals surface area contributed by atoms with Gasteiger partial charge in [-0.1, -0.05) is 18.2 Å². The molecule has 0 aliphatic rings. The molecule has 1 atom stereocenters. The van der Waals surface area contributed by atoms with Gasteiger partial charge in [0.15, 0.2) is 0 Å². The number of aliphatic hydroxyl groups is 1. The molecule has 0 aliphatic carbocycles. The lowest BCUT2D eigenvalue weighted by molar-refractivity contribution is 0.221. The van der Waals surface area contributed by atoms with Crippen molar-refractivity contribution in [1.82, 2.24) is 9.97 Å². The molecule has 1 N–H and O–H groups in total. The molecule has 2 aromatic heterocycles. The normalized spacial score (nSPS) is 12.3. The summed E-state index contributed by atoms with van der Waals surface area (Å²) in [5.41, 5.74) is 1.58. The van der Waals surface area contributed by atoms with Crippen LogP contribution in [0.15, 0.2) is 55.0 Å². The van der Waals surface area contributed by atoms with E-state index in [1.165, 1.54) is 0 Å². The van der Waals surface area contributed by atoms with E-state index in [1.54, 1.807) is 31.8 Å². The second kappa shape index (κ2) is 5.27. The first-order valence-electron chi connectivity index (χ1n) is 6.30. The van der Waals surface area contributed by atoms with Crippen LogP contribution >= 0.6 is 0 Å². The van der Waals surface area contributed by atoms with E-state index in [4.69, 9.17) is 4.74 Å². The first-order chi connectivity index (χ1) is 9.79. The Bertz CT molecular complexity index is 721. The fraction of sp³-hybridized carbons (Fsp3) is 0.125. The van der Waals surface area contributed by atoms with Gasteiger partial charge in [0, 0.05) is 35.6 Å². The van der Waals surface area contributed by atoms with Crippen LogP contribution in [0.2, 0.25) is 0 Å². The second-order valence-electron chi connectivity index (χ2n) is 4.48. The SMILES string of the molecule is COc1ccc(C(O)c2cccc3cnccc23)cn1. The zero-order chi connectivity index (χ0) is 13.9. The number of ether oxygens (including phenoxy) is 1. The van der Waals surface area contributed by atoms with Crippen molar-refractivity contribution in [3.8, 4) is 5.88 Å². The minimum absolute atomic E-state index is 0.531. The summed E-state index contributed by atoms with van der Waals surface area (Å²) in [5.74, 6) is 0.531. The molecule has 0 saturated heterocycles. The van der Waals surface area contributed by atoms with Gasteiger partial charge < -0.3 is 9.84 Å². The van der Waals surface area contributed by atoms with Gasteiger partial charge in [0.1, 0.15) is 6.10 Å². The quantitative estimate of drug-likeness (QED) is 0.792. The molecule has 1 unspecified atom stereocenters. The minimum Gasteiger partial charge on any atom is -0.481 e. The molecule has 0 saturated carbocycles. The fourth-order valence-electron chi connectivity index (χ4n) is 2.24. The van der Waals surface area contributed by atoms with Gasteiger partial charge in [-0.3, -0.25) is 4.98 Å². The number of fused-ring (bicyclic) bond motifs is 1. The highest BCUT2D eigenvalue weighted by Gasteiger charge is 2.13. The molecule has 3 aromatic rings. The van der Waals surface area contributed by atoms with Crippen molar-refractivity contribution in [1.29, 1.82) is 0 Å². The number of methoxy groups -OCH3 is 1. The molecule has 20 heavy (non-hydrogen) atoms. The Labute approximate surface area is 116 Å². The molecule has 100 valence electrons. The number of rotatable bonds is 3. The van der Waals surface area contributed by atoms with Crippen molar-refractivity contribution in [3.63, 3.8) is 0 Å². The van der Waals surface area contributed by atoms with Crippen LogP contribution in [-0.4, -0.2) is 22.2 Å². The highest BCUT2D eigenvalue weighted by molar-refractivity contribution is 5.85. The third kappa shape index (κ3) is 2.21. The van der Waals surface area contributed by atoms with Crippen molar-refractivity contribution >= 4 is 10.8 Å². The molecule has 0 aliphatic heterocycles. The fourth-order valence-corrected chi connectivity index (χ4v) is 2.24. The highest BCUT2D eigenvalue weighted by atomic mass is 16.5. The van der Waals surface area contributed by atoms with E-state index in [2.05, 4.69) is 9.97 Å². The van der Waals surface area contributed by atoms with Crippen LogP contribution in [0.3, 0.4) is 0 Å². The number of aromatic nitrogens is 2. The van der Waals surface area contributed by atoms with Crippen LogP contribution in [0.4, 0.5) is 0 Å². The number of hydrogen-bond donors (Lipinski definition) is 1. The number of hydrogen-bond acceptors (Lipinski definition) is 4. The van der Waals surface area contributed by atoms with E-state index in [0.717, 1.165) is 21.9 Å². The predicted molar refractivity (Wildman–Crippen MR) is 76.6 cm³/mol. The topological polar surface area (TPSA) is 55.2 Å². The summed E-state index contributed by atoms with van der Waals surface area (Å²) in [4.78, 5) is 8.23. The van der Waals surface area contributed by atoms with Crippen LogP contribution in [-0.2, 0) is 0 Å². The zero-order valence-corrected chi connectivity index (χ0v) is 11.0. The van der Waals surface area contributed by atoms with E-state index in [0.29, 0.717) is 5.88 Å². The summed E-state index contributed by atoms with van der Waals surface area (Å²) in [5, 5.41) is 12.5. The van der Waals surface area contributed by atoms with Crippen molar-refractivity contribution in [2.45, 2.75) is 6.10 Å². The maximum absolute atomic E-state index is 10.6. The van der Waals surface area contributed by atoms with Crippen molar-refractivity contribution in [2.24, 2.45) is 0 Å². The summed E-state index contributed by atoms with van der Waals surface area (Å²) in [7, 11) is 1.57. The minimum atomic E-state index is -0.723. The number of pyridine rings is 2. The Kier molecular flexibility index (Phi) is 3.31. The number of benzene rings is 1. The molecular formula is C16H14N2O2. The first kappa shape index (κ1) is 12.6. The van der Waals surface area contributed by atoms with E-state index in [-0.39, 0.29) is 0 Å². The monoisotopic (exact) mass is 266 g/mol. The zero-order valence-electron chi connectivity index (χ0n) is 11.0. The molecule has 3 rings (SSSR count). The van der Waals surface area contributed by atoms with Gasteiger partial charge in [0.05, 0.1) is 7.11 Å². The maximum atomic E-state index is 10.6. The summed E-state index contributed by atoms with van der Waals surface area (Å²) in [6, 6.07) is 11.3. The van der Waals surface area contributed by atoms with Crippen molar-refractivity contribution in [3.05, 3.63) is 66.1 Å². The molecule has 0 amide bonds. The highest BCUT2D eigenvalue weighted by Crippen LogP contribution is 2.28. The lowest BCUT2D eigenvalue weighted by atomic mass is 9.98. The molecule has 1 aromatic carbocycles. The van der Waals surface area contributed by atoms with Crippen LogP contribution in [0.5, 0.6) is 5.88 Å². The molecule has 0 radical (unpaired) electrons. The molecular weight excluding hydrogens is 252 g/mol. The summed E-state index contributed by atoms with van der Waals surface area (Å²) < 4.78 is 5.02. The average molecular weight is 266 g/mol. The standard InChI is InChI=1S/C16H14N2O2/c1-20-15-6-5-12(10-18-15)16(19)14-4-2-3-11-9-17-8-7-13(11)14/h2-10,16,19H,1H3. The van der Waals surface area contributed by atoms with E-state index in [1.807, 2.05) is 30.3 Å². The molecule has 0 fully saturated rings. The lowest BCUT2D eigenvalue weighted by Crippen LogP contribution is -2.01. The third-order valence-corrected chi connectivity index (χ3v) is 3.29. The van der Waals surface area contributed by atoms with E-state index in [9.17, 15) is 5.11 Å². The summed E-state index contributed by atoms with van der Waals surface area (Å²) in [6.45, 7) is 0. The van der Waals surface area contributed by atoms with Gasteiger partial charge in [-0.2, -0.15) is 0 Å². The maximum Gasteiger partial charge on any atom is 0.212 e. The van der Waals surface area contributed by atoms with Gasteiger partial charge in [0.25, 0.3) is 0 Å². The number of nitrogens with zero attached hydrogens (tertiary/aromatic N) is 2. The predicted octanol–water partition coefficient (Wildman–Crippen LogP) is 2.72. The Morgan fingerprint density at radius 2 is 2.00 bits per heavy atom. The lowest BCUT2D eigenvalue weighted by Gasteiger charge is -2.14. The van der Waals surface area contributed by atoms with Crippen LogP contribution in [0, 0.1) is 0 Å². The molecule has 4 heteroatoms. The van der Waals surface area contributed by atoms with Crippen molar-refractivity contribution < 1.29 is 9.84 Å². The van der Waals surface area contributed by atoms with E-state index >= 15 is 0 Å². The van der Waals surface area contributed by atoms with Gasteiger partial charge in [-0.15, -0.1) is 0 Å². The Morgan fingerprint density at radius 3 is 2.75 bits per heavy atom. The van der Waals surface area contributed by atoms with Crippen molar-refractivity contribution in [2.75, 3.05) is 7.11 Å². The van der Waals surface area contributed by atoms with Gasteiger partial charge in [-0.25, -0.2) is 4.98 Å². The smallest absolute Gasteiger partial charge is 0.212 e. The molecule has 2 heterocycles. The van der Waals surface area contributed by atoms with Crippen LogP contribution in [0.1, 0.15) is 17.2 Å².